The van der Waals surface area contributed by atoms with Crippen molar-refractivity contribution in [3.05, 3.63) is 15.4 Å². The number of halogens is 1. The second-order valence-corrected chi connectivity index (χ2v) is 7.53. The molecule has 1 unspecified atom stereocenters. The standard InChI is InChI=1S/C13H22BrNO2S/c1-13(2,3)6-9(8-16)15-7-10-5-11(14)12(17-4)18-10/h5,9,15-16H,6-8H2,1-4H3. The fourth-order valence-corrected chi connectivity index (χ4v) is 3.45. The number of hydrogen-bond acceptors (Lipinski definition) is 4. The molecule has 0 saturated carbocycles. The zero-order chi connectivity index (χ0) is 13.8. The lowest BCUT2D eigenvalue weighted by molar-refractivity contribution is 0.198. The van der Waals surface area contributed by atoms with Crippen molar-refractivity contribution in [1.82, 2.24) is 5.32 Å². The normalized spacial score (nSPS) is 13.7. The van der Waals surface area contributed by atoms with Gasteiger partial charge in [-0.15, -0.1) is 11.3 Å². The number of nitrogens with one attached hydrogen (secondary N) is 1. The summed E-state index contributed by atoms with van der Waals surface area (Å²) in [4.78, 5) is 1.20. The first-order valence-corrected chi connectivity index (χ1v) is 7.63. The van der Waals surface area contributed by atoms with Crippen LogP contribution in [0.15, 0.2) is 10.5 Å². The first-order valence-electron chi connectivity index (χ1n) is 6.02. The molecule has 0 spiro atoms. The van der Waals surface area contributed by atoms with Crippen LogP contribution in [-0.2, 0) is 6.54 Å². The highest BCUT2D eigenvalue weighted by atomic mass is 79.9. The summed E-state index contributed by atoms with van der Waals surface area (Å²) in [5.41, 5.74) is 0.216. The maximum absolute atomic E-state index is 9.38. The van der Waals surface area contributed by atoms with Crippen LogP contribution in [-0.4, -0.2) is 24.9 Å². The van der Waals surface area contributed by atoms with Gasteiger partial charge in [0.25, 0.3) is 0 Å². The summed E-state index contributed by atoms with van der Waals surface area (Å²) in [7, 11) is 1.67. The largest absolute Gasteiger partial charge is 0.486 e. The van der Waals surface area contributed by atoms with Gasteiger partial charge < -0.3 is 15.2 Å². The van der Waals surface area contributed by atoms with E-state index in [1.54, 1.807) is 18.4 Å². The van der Waals surface area contributed by atoms with Crippen molar-refractivity contribution in [1.29, 1.82) is 0 Å². The third-order valence-electron chi connectivity index (χ3n) is 2.54. The lowest BCUT2D eigenvalue weighted by Gasteiger charge is -2.25. The number of hydrogen-bond donors (Lipinski definition) is 2. The van der Waals surface area contributed by atoms with Crippen LogP contribution in [0.5, 0.6) is 5.06 Å². The van der Waals surface area contributed by atoms with Gasteiger partial charge in [0.05, 0.1) is 18.2 Å². The third-order valence-corrected chi connectivity index (χ3v) is 4.48. The van der Waals surface area contributed by atoms with Crippen molar-refractivity contribution >= 4 is 27.3 Å². The molecule has 0 aromatic carbocycles. The third kappa shape index (κ3) is 5.26. The van der Waals surface area contributed by atoms with E-state index >= 15 is 0 Å². The first kappa shape index (κ1) is 16.0. The number of methoxy groups -OCH3 is 1. The van der Waals surface area contributed by atoms with Crippen LogP contribution in [0.2, 0.25) is 0 Å². The number of aliphatic hydroxyl groups excluding tert-OH is 1. The summed E-state index contributed by atoms with van der Waals surface area (Å²) >= 11 is 5.08. The van der Waals surface area contributed by atoms with Crippen molar-refractivity contribution in [2.24, 2.45) is 5.41 Å². The molecule has 3 nitrogen and oxygen atoms in total. The predicted octanol–water partition coefficient (Wildman–Crippen LogP) is 3.41. The van der Waals surface area contributed by atoms with E-state index < -0.39 is 0 Å². The molecule has 1 atom stereocenters. The Morgan fingerprint density at radius 1 is 1.50 bits per heavy atom. The Kier molecular flexibility index (Phi) is 6.11. The van der Waals surface area contributed by atoms with E-state index in [2.05, 4.69) is 48.1 Å². The molecule has 0 aliphatic heterocycles. The SMILES string of the molecule is COc1sc(CNC(CO)CC(C)(C)C)cc1Br. The second kappa shape index (κ2) is 6.89. The van der Waals surface area contributed by atoms with Crippen molar-refractivity contribution in [2.45, 2.75) is 39.8 Å². The summed E-state index contributed by atoms with van der Waals surface area (Å²) in [6.07, 6.45) is 0.952. The Morgan fingerprint density at radius 3 is 2.61 bits per heavy atom. The van der Waals surface area contributed by atoms with Crippen molar-refractivity contribution in [3.8, 4) is 5.06 Å². The number of thiophene rings is 1. The fraction of sp³-hybridized carbons (Fsp3) is 0.692. The smallest absolute Gasteiger partial charge is 0.188 e. The quantitative estimate of drug-likeness (QED) is 0.837. The lowest BCUT2D eigenvalue weighted by atomic mass is 9.88. The Balaban J connectivity index is 2.51. The maximum Gasteiger partial charge on any atom is 0.188 e. The van der Waals surface area contributed by atoms with Gasteiger partial charge in [0, 0.05) is 17.5 Å². The first-order chi connectivity index (χ1) is 8.35. The lowest BCUT2D eigenvalue weighted by Crippen LogP contribution is -2.35. The molecular weight excluding hydrogens is 314 g/mol. The highest BCUT2D eigenvalue weighted by Crippen LogP contribution is 2.34. The second-order valence-electron chi connectivity index (χ2n) is 5.58. The van der Waals surface area contributed by atoms with E-state index in [4.69, 9.17) is 4.74 Å². The van der Waals surface area contributed by atoms with Gasteiger partial charge in [0.1, 0.15) is 0 Å². The summed E-state index contributed by atoms with van der Waals surface area (Å²) in [6, 6.07) is 2.19. The monoisotopic (exact) mass is 335 g/mol. The van der Waals surface area contributed by atoms with Crippen molar-refractivity contribution in [2.75, 3.05) is 13.7 Å². The van der Waals surface area contributed by atoms with Gasteiger partial charge in [-0.3, -0.25) is 0 Å². The van der Waals surface area contributed by atoms with Crippen LogP contribution >= 0.6 is 27.3 Å². The minimum Gasteiger partial charge on any atom is -0.486 e. The van der Waals surface area contributed by atoms with Crippen molar-refractivity contribution < 1.29 is 9.84 Å². The topological polar surface area (TPSA) is 41.5 Å². The summed E-state index contributed by atoms with van der Waals surface area (Å²) in [5.74, 6) is 0. The number of ether oxygens (including phenoxy) is 1. The van der Waals surface area contributed by atoms with E-state index in [0.717, 1.165) is 22.5 Å². The molecule has 0 radical (unpaired) electrons. The van der Waals surface area contributed by atoms with Crippen LogP contribution in [0, 0.1) is 5.41 Å². The van der Waals surface area contributed by atoms with Crippen LogP contribution in [0.4, 0.5) is 0 Å². The summed E-state index contributed by atoms with van der Waals surface area (Å²) in [5, 5.41) is 13.7. The molecule has 0 aliphatic rings. The van der Waals surface area contributed by atoms with Gasteiger partial charge in [-0.25, -0.2) is 0 Å². The molecule has 104 valence electrons. The molecule has 0 bridgehead atoms. The van der Waals surface area contributed by atoms with Gasteiger partial charge in [0.2, 0.25) is 0 Å². The molecule has 18 heavy (non-hydrogen) atoms. The van der Waals surface area contributed by atoms with E-state index in [9.17, 15) is 5.11 Å². The van der Waals surface area contributed by atoms with E-state index in [1.807, 2.05) is 0 Å². The van der Waals surface area contributed by atoms with Crippen LogP contribution in [0.25, 0.3) is 0 Å². The van der Waals surface area contributed by atoms with E-state index in [0.29, 0.717) is 0 Å². The molecule has 0 saturated heterocycles. The number of rotatable bonds is 6. The predicted molar refractivity (Wildman–Crippen MR) is 80.4 cm³/mol. The molecular formula is C13H22BrNO2S. The summed E-state index contributed by atoms with van der Waals surface area (Å²) < 4.78 is 6.22. The Labute approximate surface area is 122 Å². The minimum absolute atomic E-state index is 0.136. The highest BCUT2D eigenvalue weighted by molar-refractivity contribution is 9.10. The minimum atomic E-state index is 0.136. The van der Waals surface area contributed by atoms with Gasteiger partial charge in [-0.1, -0.05) is 20.8 Å². The molecule has 1 aromatic rings. The molecule has 5 heteroatoms. The van der Waals surface area contributed by atoms with Gasteiger partial charge >= 0.3 is 0 Å². The molecule has 1 rings (SSSR count). The van der Waals surface area contributed by atoms with Crippen LogP contribution in [0.1, 0.15) is 32.1 Å². The van der Waals surface area contributed by atoms with Gasteiger partial charge in [-0.2, -0.15) is 0 Å². The zero-order valence-electron chi connectivity index (χ0n) is 11.4. The average Bonchev–Trinajstić information content (AvgIpc) is 2.63. The van der Waals surface area contributed by atoms with Crippen molar-refractivity contribution in [3.63, 3.8) is 0 Å². The molecule has 1 aromatic heterocycles. The zero-order valence-corrected chi connectivity index (χ0v) is 13.8. The molecule has 1 heterocycles. The Morgan fingerprint density at radius 2 is 2.17 bits per heavy atom. The Bertz CT molecular complexity index is 374. The summed E-state index contributed by atoms with van der Waals surface area (Å²) in [6.45, 7) is 7.47. The molecule has 0 aliphatic carbocycles. The Hall–Kier alpha value is -0.100. The van der Waals surface area contributed by atoms with Crippen LogP contribution in [0.3, 0.4) is 0 Å². The highest BCUT2D eigenvalue weighted by Gasteiger charge is 2.18. The number of aliphatic hydroxyl groups is 1. The van der Waals surface area contributed by atoms with E-state index in [-0.39, 0.29) is 18.1 Å². The maximum atomic E-state index is 9.38. The fourth-order valence-electron chi connectivity index (χ4n) is 1.81. The van der Waals surface area contributed by atoms with Crippen LogP contribution < -0.4 is 10.1 Å². The molecule has 0 fully saturated rings. The molecule has 2 N–H and O–H groups in total. The van der Waals surface area contributed by atoms with E-state index in [1.165, 1.54) is 4.88 Å². The van der Waals surface area contributed by atoms with Gasteiger partial charge in [0.15, 0.2) is 5.06 Å². The average molecular weight is 336 g/mol. The van der Waals surface area contributed by atoms with Gasteiger partial charge in [-0.05, 0) is 33.8 Å². The molecule has 0 amide bonds.